The molecule has 0 aliphatic carbocycles. The van der Waals surface area contributed by atoms with Gasteiger partial charge in [-0.1, -0.05) is 278 Å². The summed E-state index contributed by atoms with van der Waals surface area (Å²) in [4.78, 5) is 34.5. The van der Waals surface area contributed by atoms with Gasteiger partial charge in [0, 0.05) is 57.7 Å². The maximum absolute atomic E-state index is 13.6. The average molecular weight is 1010 g/mol. The third-order valence-electron chi connectivity index (χ3n) is 17.0. The zero-order chi connectivity index (χ0) is 52.1. The van der Waals surface area contributed by atoms with Gasteiger partial charge in [-0.15, -0.1) is 0 Å². The van der Waals surface area contributed by atoms with Gasteiger partial charge in [-0.2, -0.15) is 0 Å². The summed E-state index contributed by atoms with van der Waals surface area (Å²) in [5.74, 6) is 0.856. The van der Waals surface area contributed by atoms with E-state index in [9.17, 15) is 14.7 Å². The Morgan fingerprint density at radius 3 is 0.903 bits per heavy atom. The third kappa shape index (κ3) is 40.2. The Bertz CT molecular complexity index is 1090. The lowest BCUT2D eigenvalue weighted by atomic mass is 9.75. The summed E-state index contributed by atoms with van der Waals surface area (Å²) in [6, 6.07) is 0. The van der Waals surface area contributed by atoms with Crippen LogP contribution >= 0.6 is 0 Å². The molecule has 428 valence electrons. The van der Waals surface area contributed by atoms with Crippen LogP contribution in [-0.2, 0) is 9.59 Å². The second-order valence-corrected chi connectivity index (χ2v) is 23.6. The van der Waals surface area contributed by atoms with Crippen molar-refractivity contribution in [1.82, 2.24) is 14.7 Å². The van der Waals surface area contributed by atoms with E-state index in [-0.39, 0.29) is 0 Å². The van der Waals surface area contributed by atoms with Gasteiger partial charge in [0.25, 0.3) is 0 Å². The molecule has 2 amide bonds. The molecule has 6 heteroatoms. The molecule has 1 atom stereocenters. The molecule has 0 bridgehead atoms. The van der Waals surface area contributed by atoms with Gasteiger partial charge in [0.1, 0.15) is 0 Å². The SMILES string of the molecule is CCCCCCCCCCN(CCCCCCCCCC)C(=O)CCCCCCCN1CCC1(CCCCCCCO)CCCCCCCC(=O)N(CCCCCCCCCC)CCCCCCCCCC. The molecule has 1 unspecified atom stereocenters. The van der Waals surface area contributed by atoms with Gasteiger partial charge in [-0.25, -0.2) is 0 Å². The second-order valence-electron chi connectivity index (χ2n) is 23.6. The molecule has 1 rings (SSSR count). The van der Waals surface area contributed by atoms with Crippen LogP contribution in [0.4, 0.5) is 0 Å². The standard InChI is InChI=1S/C66H131N3O3/c1-5-9-13-17-21-25-36-46-57-67(58-47-37-26-22-18-14-10-6-2)64(71)52-42-32-29-34-44-54-66(55-45-35-31-41-51-63-70)56-62-69(66)61-50-40-30-33-43-53-65(72)68(59-48-38-27-23-19-15-11-7-3)60-49-39-28-24-20-16-12-8-4/h70H,5-63H2,1-4H3. The predicted octanol–water partition coefficient (Wildman–Crippen LogP) is 20.1. The van der Waals surface area contributed by atoms with E-state index in [0.717, 1.165) is 64.7 Å². The van der Waals surface area contributed by atoms with Crippen LogP contribution in [0.2, 0.25) is 0 Å². The number of carbonyl (C=O) groups excluding carboxylic acids is 2. The molecule has 6 nitrogen and oxygen atoms in total. The van der Waals surface area contributed by atoms with Crippen LogP contribution in [0.1, 0.15) is 362 Å². The van der Waals surface area contributed by atoms with Crippen molar-refractivity contribution in [3.05, 3.63) is 0 Å². The predicted molar refractivity (Wildman–Crippen MR) is 317 cm³/mol. The van der Waals surface area contributed by atoms with Crippen LogP contribution in [0.5, 0.6) is 0 Å². The molecule has 1 aliphatic rings. The Morgan fingerprint density at radius 2 is 0.611 bits per heavy atom. The maximum atomic E-state index is 13.6. The lowest BCUT2D eigenvalue weighted by Gasteiger charge is -2.54. The monoisotopic (exact) mass is 1010 g/mol. The highest BCUT2D eigenvalue weighted by molar-refractivity contribution is 5.76. The first-order chi connectivity index (χ1) is 35.5. The van der Waals surface area contributed by atoms with E-state index in [1.54, 1.807) is 0 Å². The Morgan fingerprint density at radius 1 is 0.347 bits per heavy atom. The number of hydrogen-bond acceptors (Lipinski definition) is 4. The molecule has 1 saturated heterocycles. The van der Waals surface area contributed by atoms with Crippen molar-refractivity contribution < 1.29 is 14.7 Å². The summed E-state index contributed by atoms with van der Waals surface area (Å²) >= 11 is 0. The fraction of sp³-hybridized carbons (Fsp3) is 0.970. The van der Waals surface area contributed by atoms with Gasteiger partial charge in [-0.3, -0.25) is 14.5 Å². The van der Waals surface area contributed by atoms with Gasteiger partial charge in [0.2, 0.25) is 11.8 Å². The highest BCUT2D eigenvalue weighted by atomic mass is 16.3. The van der Waals surface area contributed by atoms with Crippen LogP contribution in [0.25, 0.3) is 0 Å². The topological polar surface area (TPSA) is 64.1 Å². The van der Waals surface area contributed by atoms with Crippen LogP contribution in [-0.4, -0.2) is 83.0 Å². The number of nitrogens with zero attached hydrogens (tertiary/aromatic N) is 3. The molecule has 0 aromatic rings. The summed E-state index contributed by atoms with van der Waals surface area (Å²) in [6.45, 7) is 15.9. The smallest absolute Gasteiger partial charge is 0.222 e. The van der Waals surface area contributed by atoms with E-state index < -0.39 is 0 Å². The number of hydrogen-bond donors (Lipinski definition) is 1. The summed E-state index contributed by atoms with van der Waals surface area (Å²) < 4.78 is 0. The number of carbonyl (C=O) groups is 2. The second kappa shape index (κ2) is 53.3. The fourth-order valence-electron chi connectivity index (χ4n) is 11.9. The number of rotatable bonds is 59. The summed E-state index contributed by atoms with van der Waals surface area (Å²) in [5.41, 5.74) is 0.401. The molecule has 0 aromatic carbocycles. The summed E-state index contributed by atoms with van der Waals surface area (Å²) in [5, 5.41) is 9.30. The fourth-order valence-corrected chi connectivity index (χ4v) is 11.9. The Labute approximate surface area is 452 Å². The highest BCUT2D eigenvalue weighted by Gasteiger charge is 2.42. The van der Waals surface area contributed by atoms with Crippen LogP contribution in [0.3, 0.4) is 0 Å². The minimum absolute atomic E-state index is 0.330. The summed E-state index contributed by atoms with van der Waals surface area (Å²) in [7, 11) is 0. The van der Waals surface area contributed by atoms with Crippen molar-refractivity contribution in [3.8, 4) is 0 Å². The Kier molecular flexibility index (Phi) is 51.0. The number of amides is 2. The van der Waals surface area contributed by atoms with Crippen molar-refractivity contribution in [3.63, 3.8) is 0 Å². The van der Waals surface area contributed by atoms with E-state index in [1.165, 1.54) is 308 Å². The van der Waals surface area contributed by atoms with Crippen LogP contribution in [0.15, 0.2) is 0 Å². The first-order valence-corrected chi connectivity index (χ1v) is 33.4. The van der Waals surface area contributed by atoms with E-state index in [1.807, 2.05) is 0 Å². The molecule has 72 heavy (non-hydrogen) atoms. The van der Waals surface area contributed by atoms with Crippen molar-refractivity contribution in [2.45, 2.75) is 367 Å². The minimum atomic E-state index is 0.330. The van der Waals surface area contributed by atoms with Gasteiger partial charge in [0.05, 0.1) is 0 Å². The molecular weight excluding hydrogens is 883 g/mol. The van der Waals surface area contributed by atoms with Crippen LogP contribution in [0, 0.1) is 0 Å². The van der Waals surface area contributed by atoms with E-state index >= 15 is 0 Å². The van der Waals surface area contributed by atoms with Crippen molar-refractivity contribution in [2.75, 3.05) is 45.9 Å². The molecule has 1 aliphatic heterocycles. The average Bonchev–Trinajstić information content (AvgIpc) is 3.38. The molecule has 1 heterocycles. The minimum Gasteiger partial charge on any atom is -0.396 e. The highest BCUT2D eigenvalue weighted by Crippen LogP contribution is 2.40. The largest absolute Gasteiger partial charge is 0.396 e. The normalized spacial score (nSPS) is 14.8. The Hall–Kier alpha value is -1.14. The quantitative estimate of drug-likeness (QED) is 0.0617. The van der Waals surface area contributed by atoms with Gasteiger partial charge >= 0.3 is 0 Å². The molecule has 0 radical (unpaired) electrons. The molecule has 0 spiro atoms. The zero-order valence-corrected chi connectivity index (χ0v) is 49.8. The van der Waals surface area contributed by atoms with E-state index in [0.29, 0.717) is 24.0 Å². The molecule has 0 saturated carbocycles. The third-order valence-corrected chi connectivity index (χ3v) is 17.0. The van der Waals surface area contributed by atoms with E-state index in [2.05, 4.69) is 42.4 Å². The molecular formula is C66H131N3O3. The maximum Gasteiger partial charge on any atom is 0.222 e. The number of unbranched alkanes of at least 4 members (excludes halogenated alkanes) is 40. The first kappa shape index (κ1) is 68.9. The number of likely N-dealkylation sites (tertiary alicyclic amines) is 1. The molecule has 1 N–H and O–H groups in total. The number of aliphatic hydroxyl groups excluding tert-OH is 1. The van der Waals surface area contributed by atoms with Gasteiger partial charge in [-0.05, 0) is 77.2 Å². The van der Waals surface area contributed by atoms with Crippen molar-refractivity contribution >= 4 is 11.8 Å². The summed E-state index contributed by atoms with van der Waals surface area (Å²) in [6.07, 6.45) is 66.1. The Balaban J connectivity index is 2.52. The zero-order valence-electron chi connectivity index (χ0n) is 49.8. The molecule has 0 aromatic heterocycles. The number of aliphatic hydroxyl groups is 1. The van der Waals surface area contributed by atoms with Gasteiger partial charge in [0.15, 0.2) is 0 Å². The van der Waals surface area contributed by atoms with Crippen molar-refractivity contribution in [1.29, 1.82) is 0 Å². The van der Waals surface area contributed by atoms with Crippen molar-refractivity contribution in [2.24, 2.45) is 0 Å². The lowest BCUT2D eigenvalue weighted by molar-refractivity contribution is -0.132. The lowest BCUT2D eigenvalue weighted by Crippen LogP contribution is -2.59. The van der Waals surface area contributed by atoms with Gasteiger partial charge < -0.3 is 14.9 Å². The first-order valence-electron chi connectivity index (χ1n) is 33.4. The van der Waals surface area contributed by atoms with Crippen LogP contribution < -0.4 is 0 Å². The molecule has 1 fully saturated rings. The van der Waals surface area contributed by atoms with E-state index in [4.69, 9.17) is 0 Å².